The maximum atomic E-state index is 11.6. The lowest BCUT2D eigenvalue weighted by atomic mass is 9.98. The molecule has 0 aliphatic heterocycles. The SMILES string of the molecule is CC(C)(C)N(C(=O)O)C(CO)c1ccc(-c2scnc2CO)cc1. The van der Waals surface area contributed by atoms with Gasteiger partial charge in [-0.1, -0.05) is 24.3 Å². The molecule has 1 amide bonds. The summed E-state index contributed by atoms with van der Waals surface area (Å²) in [6.07, 6.45) is -1.07. The highest BCUT2D eigenvalue weighted by molar-refractivity contribution is 7.13. The molecule has 1 aromatic carbocycles. The van der Waals surface area contributed by atoms with E-state index in [2.05, 4.69) is 4.98 Å². The zero-order valence-corrected chi connectivity index (χ0v) is 14.7. The minimum Gasteiger partial charge on any atom is -0.465 e. The molecule has 1 atom stereocenters. The van der Waals surface area contributed by atoms with Crippen molar-refractivity contribution in [1.82, 2.24) is 9.88 Å². The maximum Gasteiger partial charge on any atom is 0.408 e. The summed E-state index contributed by atoms with van der Waals surface area (Å²) in [5.74, 6) is 0. The lowest BCUT2D eigenvalue weighted by molar-refractivity contribution is 0.0458. The van der Waals surface area contributed by atoms with E-state index in [1.165, 1.54) is 16.2 Å². The van der Waals surface area contributed by atoms with Gasteiger partial charge in [-0.15, -0.1) is 11.3 Å². The molecule has 1 heterocycles. The van der Waals surface area contributed by atoms with Gasteiger partial charge < -0.3 is 15.3 Å². The smallest absolute Gasteiger partial charge is 0.408 e. The Labute approximate surface area is 145 Å². The van der Waals surface area contributed by atoms with Crippen LogP contribution in [-0.2, 0) is 6.61 Å². The number of hydrogen-bond acceptors (Lipinski definition) is 5. The predicted molar refractivity (Wildman–Crippen MR) is 92.9 cm³/mol. The summed E-state index contributed by atoms with van der Waals surface area (Å²) in [6.45, 7) is 4.96. The van der Waals surface area contributed by atoms with Crippen molar-refractivity contribution in [3.05, 3.63) is 41.0 Å². The molecule has 2 rings (SSSR count). The Morgan fingerprint density at radius 3 is 2.33 bits per heavy atom. The van der Waals surface area contributed by atoms with E-state index in [1.54, 1.807) is 38.4 Å². The Morgan fingerprint density at radius 2 is 1.88 bits per heavy atom. The van der Waals surface area contributed by atoms with Gasteiger partial charge in [0, 0.05) is 5.54 Å². The van der Waals surface area contributed by atoms with Crippen LogP contribution in [0.25, 0.3) is 10.4 Å². The van der Waals surface area contributed by atoms with E-state index in [4.69, 9.17) is 0 Å². The maximum absolute atomic E-state index is 11.6. The molecule has 0 aliphatic rings. The molecule has 0 radical (unpaired) electrons. The van der Waals surface area contributed by atoms with E-state index >= 15 is 0 Å². The van der Waals surface area contributed by atoms with Gasteiger partial charge in [-0.3, -0.25) is 4.90 Å². The molecular weight excluding hydrogens is 328 g/mol. The van der Waals surface area contributed by atoms with Gasteiger partial charge in [0.05, 0.1) is 35.3 Å². The second kappa shape index (κ2) is 7.29. The van der Waals surface area contributed by atoms with Crippen LogP contribution in [-0.4, -0.2) is 43.4 Å². The Balaban J connectivity index is 2.36. The van der Waals surface area contributed by atoms with Crippen molar-refractivity contribution in [2.24, 2.45) is 0 Å². The minimum atomic E-state index is -1.07. The Kier molecular flexibility index (Phi) is 5.58. The summed E-state index contributed by atoms with van der Waals surface area (Å²) < 4.78 is 0. The largest absolute Gasteiger partial charge is 0.465 e. The van der Waals surface area contributed by atoms with Crippen molar-refractivity contribution >= 4 is 17.4 Å². The van der Waals surface area contributed by atoms with Gasteiger partial charge in [0.2, 0.25) is 0 Å². The number of carboxylic acid groups (broad SMARTS) is 1. The summed E-state index contributed by atoms with van der Waals surface area (Å²) in [4.78, 5) is 17.9. The van der Waals surface area contributed by atoms with Crippen molar-refractivity contribution in [2.45, 2.75) is 39.0 Å². The first kappa shape index (κ1) is 18.4. The van der Waals surface area contributed by atoms with Crippen LogP contribution in [0.2, 0.25) is 0 Å². The average Bonchev–Trinajstić information content (AvgIpc) is 2.99. The molecule has 1 aromatic heterocycles. The molecule has 0 spiro atoms. The van der Waals surface area contributed by atoms with Crippen LogP contribution in [0.4, 0.5) is 4.79 Å². The third-order valence-corrected chi connectivity index (χ3v) is 4.68. The minimum absolute atomic E-state index is 0.128. The second-order valence-electron chi connectivity index (χ2n) is 6.43. The van der Waals surface area contributed by atoms with E-state index in [9.17, 15) is 20.1 Å². The second-order valence-corrected chi connectivity index (χ2v) is 7.28. The van der Waals surface area contributed by atoms with Crippen LogP contribution in [0.1, 0.15) is 38.1 Å². The normalized spacial score (nSPS) is 12.9. The first-order valence-electron chi connectivity index (χ1n) is 7.56. The zero-order chi connectivity index (χ0) is 17.9. The molecule has 0 saturated heterocycles. The van der Waals surface area contributed by atoms with E-state index in [1.807, 2.05) is 12.1 Å². The topological polar surface area (TPSA) is 93.9 Å². The van der Waals surface area contributed by atoms with Crippen molar-refractivity contribution in [2.75, 3.05) is 6.61 Å². The fraction of sp³-hybridized carbons (Fsp3) is 0.412. The molecule has 1 unspecified atom stereocenters. The van der Waals surface area contributed by atoms with Gasteiger partial charge in [-0.05, 0) is 31.9 Å². The van der Waals surface area contributed by atoms with Crippen molar-refractivity contribution in [1.29, 1.82) is 0 Å². The van der Waals surface area contributed by atoms with E-state index in [-0.39, 0.29) is 13.2 Å². The highest BCUT2D eigenvalue weighted by Crippen LogP contribution is 2.32. The Hall–Kier alpha value is -1.96. The van der Waals surface area contributed by atoms with Gasteiger partial charge in [0.15, 0.2) is 0 Å². The molecule has 3 N–H and O–H groups in total. The fourth-order valence-electron chi connectivity index (χ4n) is 2.70. The number of hydrogen-bond donors (Lipinski definition) is 3. The van der Waals surface area contributed by atoms with Crippen LogP contribution in [0, 0.1) is 0 Å². The lowest BCUT2D eigenvalue weighted by Gasteiger charge is -2.39. The third kappa shape index (κ3) is 3.75. The molecule has 6 nitrogen and oxygen atoms in total. The van der Waals surface area contributed by atoms with Gasteiger partial charge in [0.1, 0.15) is 0 Å². The molecule has 2 aromatic rings. The van der Waals surface area contributed by atoms with Crippen LogP contribution < -0.4 is 0 Å². The molecule has 0 saturated carbocycles. The van der Waals surface area contributed by atoms with Gasteiger partial charge in [0.25, 0.3) is 0 Å². The van der Waals surface area contributed by atoms with Gasteiger partial charge >= 0.3 is 6.09 Å². The number of thiazole rings is 1. The monoisotopic (exact) mass is 350 g/mol. The number of benzene rings is 1. The number of carbonyl (C=O) groups is 1. The summed E-state index contributed by atoms with van der Waals surface area (Å²) in [5, 5.41) is 28.6. The average molecular weight is 350 g/mol. The van der Waals surface area contributed by atoms with Crippen LogP contribution in [0.3, 0.4) is 0 Å². The predicted octanol–water partition coefficient (Wildman–Crippen LogP) is 3.11. The molecule has 24 heavy (non-hydrogen) atoms. The molecule has 0 bridgehead atoms. The number of aliphatic hydroxyl groups excluding tert-OH is 2. The summed E-state index contributed by atoms with van der Waals surface area (Å²) in [5.41, 5.74) is 3.28. The van der Waals surface area contributed by atoms with Crippen LogP contribution >= 0.6 is 11.3 Å². The fourth-order valence-corrected chi connectivity index (χ4v) is 3.51. The van der Waals surface area contributed by atoms with E-state index in [0.717, 1.165) is 10.4 Å². The summed E-state index contributed by atoms with van der Waals surface area (Å²) in [7, 11) is 0. The zero-order valence-electron chi connectivity index (χ0n) is 13.9. The van der Waals surface area contributed by atoms with Crippen LogP contribution in [0.5, 0.6) is 0 Å². The quantitative estimate of drug-likeness (QED) is 0.770. The standard InChI is InChI=1S/C17H22N2O4S/c1-17(2,3)19(16(22)23)14(9-21)11-4-6-12(7-5-11)15-13(8-20)18-10-24-15/h4-7,10,14,20-21H,8-9H2,1-3H3,(H,22,23). The molecule has 0 fully saturated rings. The highest BCUT2D eigenvalue weighted by atomic mass is 32.1. The number of nitrogens with zero attached hydrogens (tertiary/aromatic N) is 2. The van der Waals surface area contributed by atoms with Crippen molar-refractivity contribution in [3.63, 3.8) is 0 Å². The molecule has 0 aliphatic carbocycles. The number of aliphatic hydroxyl groups is 2. The Morgan fingerprint density at radius 1 is 1.25 bits per heavy atom. The first-order valence-corrected chi connectivity index (χ1v) is 8.44. The summed E-state index contributed by atoms with van der Waals surface area (Å²) in [6, 6.07) is 6.67. The van der Waals surface area contributed by atoms with Crippen molar-refractivity contribution in [3.8, 4) is 10.4 Å². The number of amides is 1. The third-order valence-electron chi connectivity index (χ3n) is 3.76. The van der Waals surface area contributed by atoms with Gasteiger partial charge in [-0.2, -0.15) is 0 Å². The van der Waals surface area contributed by atoms with Gasteiger partial charge in [-0.25, -0.2) is 9.78 Å². The lowest BCUT2D eigenvalue weighted by Crippen LogP contribution is -2.48. The van der Waals surface area contributed by atoms with Crippen LogP contribution in [0.15, 0.2) is 29.8 Å². The van der Waals surface area contributed by atoms with Crippen molar-refractivity contribution < 1.29 is 20.1 Å². The number of aromatic nitrogens is 1. The van der Waals surface area contributed by atoms with E-state index < -0.39 is 17.7 Å². The molecule has 7 heteroatoms. The highest BCUT2D eigenvalue weighted by Gasteiger charge is 2.33. The Bertz CT molecular complexity index is 691. The number of rotatable bonds is 5. The molecular formula is C17H22N2O4S. The first-order chi connectivity index (χ1) is 11.3. The van der Waals surface area contributed by atoms with E-state index in [0.29, 0.717) is 11.3 Å². The summed E-state index contributed by atoms with van der Waals surface area (Å²) >= 11 is 1.44. The molecule has 130 valence electrons.